The van der Waals surface area contributed by atoms with E-state index in [9.17, 15) is 4.39 Å². The molecule has 1 aromatic heterocycles. The lowest BCUT2D eigenvalue weighted by Crippen LogP contribution is -2.35. The number of hydrogen-bond acceptors (Lipinski definition) is 2. The lowest BCUT2D eigenvalue weighted by Gasteiger charge is -2.26. The summed E-state index contributed by atoms with van der Waals surface area (Å²) in [6.45, 7) is 11.0. The topological polar surface area (TPSA) is 17.4 Å². The van der Waals surface area contributed by atoms with Crippen molar-refractivity contribution in [3.05, 3.63) is 77.2 Å². The van der Waals surface area contributed by atoms with Crippen LogP contribution >= 0.6 is 0 Å². The van der Waals surface area contributed by atoms with Gasteiger partial charge in [0.2, 0.25) is 0 Å². The number of nitrogens with zero attached hydrogens (tertiary/aromatic N) is 2. The summed E-state index contributed by atoms with van der Waals surface area (Å²) in [5.74, 6) is 0.293. The van der Waals surface area contributed by atoms with Crippen LogP contribution in [0.4, 0.5) is 4.39 Å². The van der Waals surface area contributed by atoms with E-state index >= 15 is 0 Å². The minimum Gasteiger partial charge on any atom is -0.379 e. The second kappa shape index (κ2) is 8.52. The summed E-state index contributed by atoms with van der Waals surface area (Å²) < 4.78 is 21.3. The van der Waals surface area contributed by atoms with Gasteiger partial charge in [0.05, 0.1) is 18.9 Å². The molecule has 152 valence electrons. The number of hydrogen-bond donors (Lipinski definition) is 0. The Labute approximate surface area is 172 Å². The van der Waals surface area contributed by atoms with Gasteiger partial charge >= 0.3 is 0 Å². The molecule has 0 spiro atoms. The SMILES string of the molecule is Cc1c(CN2CCOCC2)cc(-c2ccc(C(C)C)cc2)n1-c1ccc(F)cc1. The van der Waals surface area contributed by atoms with Crippen LogP contribution in [0.5, 0.6) is 0 Å². The Hall–Kier alpha value is -2.43. The summed E-state index contributed by atoms with van der Waals surface area (Å²) in [4.78, 5) is 2.44. The first-order valence-electron chi connectivity index (χ1n) is 10.4. The van der Waals surface area contributed by atoms with E-state index in [1.165, 1.54) is 34.5 Å². The van der Waals surface area contributed by atoms with E-state index in [0.717, 1.165) is 44.2 Å². The fraction of sp³-hybridized carbons (Fsp3) is 0.360. The molecule has 4 rings (SSSR count). The molecule has 2 heterocycles. The average molecular weight is 393 g/mol. The molecule has 0 unspecified atom stereocenters. The largest absolute Gasteiger partial charge is 0.379 e. The Balaban J connectivity index is 1.77. The maximum absolute atomic E-state index is 13.5. The molecule has 0 amide bonds. The number of ether oxygens (including phenoxy) is 1. The quantitative estimate of drug-likeness (QED) is 0.567. The highest BCUT2D eigenvalue weighted by molar-refractivity contribution is 5.66. The second-order valence-corrected chi connectivity index (χ2v) is 8.12. The van der Waals surface area contributed by atoms with Crippen molar-refractivity contribution in [2.45, 2.75) is 33.2 Å². The zero-order chi connectivity index (χ0) is 20.4. The molecule has 2 aromatic carbocycles. The molecule has 29 heavy (non-hydrogen) atoms. The van der Waals surface area contributed by atoms with Gasteiger partial charge in [-0.3, -0.25) is 4.90 Å². The fourth-order valence-corrected chi connectivity index (χ4v) is 3.99. The van der Waals surface area contributed by atoms with Gasteiger partial charge in [-0.15, -0.1) is 0 Å². The van der Waals surface area contributed by atoms with Crippen molar-refractivity contribution in [1.82, 2.24) is 9.47 Å². The fourth-order valence-electron chi connectivity index (χ4n) is 3.99. The van der Waals surface area contributed by atoms with E-state index in [1.54, 1.807) is 0 Å². The second-order valence-electron chi connectivity index (χ2n) is 8.12. The van der Waals surface area contributed by atoms with Crippen molar-refractivity contribution in [1.29, 1.82) is 0 Å². The molecule has 0 aliphatic carbocycles. The summed E-state index contributed by atoms with van der Waals surface area (Å²) >= 11 is 0. The first kappa shape index (κ1) is 19.9. The summed E-state index contributed by atoms with van der Waals surface area (Å²) in [6, 6.07) is 17.9. The molecule has 1 fully saturated rings. The minimum absolute atomic E-state index is 0.213. The maximum atomic E-state index is 13.5. The van der Waals surface area contributed by atoms with E-state index in [1.807, 2.05) is 12.1 Å². The predicted molar refractivity (Wildman–Crippen MR) is 116 cm³/mol. The number of aromatic nitrogens is 1. The molecule has 0 N–H and O–H groups in total. The zero-order valence-electron chi connectivity index (χ0n) is 17.5. The van der Waals surface area contributed by atoms with Crippen LogP contribution in [0.1, 0.15) is 36.6 Å². The highest BCUT2D eigenvalue weighted by atomic mass is 19.1. The number of benzene rings is 2. The van der Waals surface area contributed by atoms with Crippen molar-refractivity contribution >= 4 is 0 Å². The van der Waals surface area contributed by atoms with Crippen LogP contribution in [0.2, 0.25) is 0 Å². The highest BCUT2D eigenvalue weighted by Gasteiger charge is 2.18. The lowest BCUT2D eigenvalue weighted by molar-refractivity contribution is 0.0341. The van der Waals surface area contributed by atoms with Crippen molar-refractivity contribution in [3.63, 3.8) is 0 Å². The van der Waals surface area contributed by atoms with Crippen LogP contribution in [0.3, 0.4) is 0 Å². The van der Waals surface area contributed by atoms with Gasteiger partial charge in [0, 0.05) is 31.0 Å². The van der Waals surface area contributed by atoms with Gasteiger partial charge < -0.3 is 9.30 Å². The average Bonchev–Trinajstić information content (AvgIpc) is 3.05. The Morgan fingerprint density at radius 1 is 0.966 bits per heavy atom. The molecule has 1 aliphatic rings. The lowest BCUT2D eigenvalue weighted by atomic mass is 10.0. The number of halogens is 1. The minimum atomic E-state index is -0.213. The molecule has 0 saturated carbocycles. The van der Waals surface area contributed by atoms with Gasteiger partial charge in [-0.2, -0.15) is 0 Å². The van der Waals surface area contributed by atoms with E-state index in [0.29, 0.717) is 5.92 Å². The summed E-state index contributed by atoms with van der Waals surface area (Å²) in [5, 5.41) is 0. The predicted octanol–water partition coefficient (Wildman–Crippen LogP) is 5.55. The van der Waals surface area contributed by atoms with Gasteiger partial charge in [-0.05, 0) is 59.9 Å². The van der Waals surface area contributed by atoms with Crippen LogP contribution in [0.15, 0.2) is 54.6 Å². The molecule has 4 heteroatoms. The monoisotopic (exact) mass is 392 g/mol. The van der Waals surface area contributed by atoms with E-state index in [4.69, 9.17) is 4.74 Å². The highest BCUT2D eigenvalue weighted by Crippen LogP contribution is 2.31. The Kier molecular flexibility index (Phi) is 5.84. The van der Waals surface area contributed by atoms with E-state index in [2.05, 4.69) is 60.6 Å². The van der Waals surface area contributed by atoms with Crippen LogP contribution < -0.4 is 0 Å². The van der Waals surface area contributed by atoms with Crippen molar-refractivity contribution in [3.8, 4) is 16.9 Å². The zero-order valence-corrected chi connectivity index (χ0v) is 17.5. The van der Waals surface area contributed by atoms with Crippen LogP contribution in [0, 0.1) is 12.7 Å². The van der Waals surface area contributed by atoms with Crippen LogP contribution in [0.25, 0.3) is 16.9 Å². The molecule has 3 aromatic rings. The Morgan fingerprint density at radius 3 is 2.24 bits per heavy atom. The first-order chi connectivity index (χ1) is 14.0. The van der Waals surface area contributed by atoms with Gasteiger partial charge in [0.25, 0.3) is 0 Å². The standard InChI is InChI=1S/C25H29FN2O/c1-18(2)20-4-6-21(7-5-20)25-16-22(17-27-12-14-29-15-13-27)19(3)28(25)24-10-8-23(26)9-11-24/h4-11,16,18H,12-15,17H2,1-3H3. The van der Waals surface area contributed by atoms with Crippen LogP contribution in [-0.2, 0) is 11.3 Å². The third-order valence-corrected chi connectivity index (χ3v) is 5.81. The van der Waals surface area contributed by atoms with Gasteiger partial charge in [-0.25, -0.2) is 4.39 Å². The van der Waals surface area contributed by atoms with Crippen molar-refractivity contribution in [2.75, 3.05) is 26.3 Å². The molecule has 1 aliphatic heterocycles. The number of morpholine rings is 1. The van der Waals surface area contributed by atoms with Gasteiger partial charge in [0.15, 0.2) is 0 Å². The summed E-state index contributed by atoms with van der Waals surface area (Å²) in [5.41, 5.74) is 7.15. The summed E-state index contributed by atoms with van der Waals surface area (Å²) in [7, 11) is 0. The molecule has 0 bridgehead atoms. The molecular formula is C25H29FN2O. The van der Waals surface area contributed by atoms with Crippen molar-refractivity contribution < 1.29 is 9.13 Å². The third-order valence-electron chi connectivity index (χ3n) is 5.81. The number of rotatable bonds is 5. The molecule has 0 atom stereocenters. The van der Waals surface area contributed by atoms with Crippen LogP contribution in [-0.4, -0.2) is 35.8 Å². The molecule has 1 saturated heterocycles. The summed E-state index contributed by atoms with van der Waals surface area (Å²) in [6.07, 6.45) is 0. The Morgan fingerprint density at radius 2 is 1.62 bits per heavy atom. The van der Waals surface area contributed by atoms with E-state index < -0.39 is 0 Å². The Bertz CT molecular complexity index is 952. The molecule has 0 radical (unpaired) electrons. The smallest absolute Gasteiger partial charge is 0.123 e. The molecular weight excluding hydrogens is 363 g/mol. The maximum Gasteiger partial charge on any atom is 0.123 e. The van der Waals surface area contributed by atoms with Gasteiger partial charge in [0.1, 0.15) is 5.82 Å². The van der Waals surface area contributed by atoms with Gasteiger partial charge in [-0.1, -0.05) is 38.1 Å². The normalized spacial score (nSPS) is 15.2. The molecule has 3 nitrogen and oxygen atoms in total. The van der Waals surface area contributed by atoms with Crippen molar-refractivity contribution in [2.24, 2.45) is 0 Å². The van der Waals surface area contributed by atoms with E-state index in [-0.39, 0.29) is 5.82 Å². The third kappa shape index (κ3) is 4.29. The first-order valence-corrected chi connectivity index (χ1v) is 10.4.